The van der Waals surface area contributed by atoms with Gasteiger partial charge in [0.2, 0.25) is 0 Å². The smallest absolute Gasteiger partial charge is 0.303 e. The summed E-state index contributed by atoms with van der Waals surface area (Å²) < 4.78 is 0. The highest BCUT2D eigenvalue weighted by Gasteiger charge is 2.01. The third-order valence-electron chi connectivity index (χ3n) is 4.57. The Kier molecular flexibility index (Phi) is 17.9. The van der Waals surface area contributed by atoms with E-state index in [1.807, 2.05) is 19.1 Å². The number of unbranched alkanes of at least 4 members (excludes halogenated alkanes) is 12. The third-order valence-corrected chi connectivity index (χ3v) is 4.57. The molecule has 0 aliphatic carbocycles. The molecule has 0 aromatic carbocycles. The third kappa shape index (κ3) is 19.2. The van der Waals surface area contributed by atoms with Gasteiger partial charge in [0.05, 0.1) is 6.10 Å². The lowest BCUT2D eigenvalue weighted by molar-refractivity contribution is -0.137. The minimum Gasteiger partial charge on any atom is -0.481 e. The number of aliphatic hydroxyl groups is 1. The maximum Gasteiger partial charge on any atom is 0.303 e. The number of carbonyl (C=O) groups is 1. The van der Waals surface area contributed by atoms with Crippen LogP contribution in [0.2, 0.25) is 0 Å². The average molecular weight is 341 g/mol. The molecule has 0 aromatic rings. The van der Waals surface area contributed by atoms with Gasteiger partial charge in [-0.25, -0.2) is 0 Å². The Morgan fingerprint density at radius 3 is 1.62 bits per heavy atom. The lowest BCUT2D eigenvalue weighted by Gasteiger charge is -2.07. The molecule has 0 bridgehead atoms. The van der Waals surface area contributed by atoms with Crippen molar-refractivity contribution in [3.8, 4) is 0 Å². The molecule has 1 unspecified atom stereocenters. The zero-order valence-electron chi connectivity index (χ0n) is 15.8. The number of rotatable bonds is 18. The summed E-state index contributed by atoms with van der Waals surface area (Å²) in [4.78, 5) is 10.4. The van der Waals surface area contributed by atoms with Crippen LogP contribution in [0, 0.1) is 0 Å². The molecule has 0 saturated carbocycles. The lowest BCUT2D eigenvalue weighted by atomic mass is 10.0. The van der Waals surface area contributed by atoms with Crippen LogP contribution in [0.25, 0.3) is 0 Å². The average Bonchev–Trinajstić information content (AvgIpc) is 2.56. The van der Waals surface area contributed by atoms with Gasteiger partial charge < -0.3 is 10.2 Å². The Morgan fingerprint density at radius 1 is 0.792 bits per heavy atom. The molecule has 0 spiro atoms. The van der Waals surface area contributed by atoms with E-state index in [2.05, 4.69) is 0 Å². The van der Waals surface area contributed by atoms with E-state index in [-0.39, 0.29) is 6.10 Å². The summed E-state index contributed by atoms with van der Waals surface area (Å²) in [7, 11) is 0. The van der Waals surface area contributed by atoms with Crippen LogP contribution in [0.1, 0.15) is 110 Å². The first-order valence-electron chi connectivity index (χ1n) is 10.2. The molecule has 0 radical (unpaired) electrons. The fourth-order valence-electron chi connectivity index (χ4n) is 3.01. The molecule has 24 heavy (non-hydrogen) atoms. The molecule has 0 rings (SSSR count). The minimum absolute atomic E-state index is 0.148. The largest absolute Gasteiger partial charge is 0.481 e. The summed E-state index contributed by atoms with van der Waals surface area (Å²) in [6, 6.07) is 0. The van der Waals surface area contributed by atoms with Gasteiger partial charge in [-0.05, 0) is 26.2 Å². The number of aliphatic carboxylic acids is 1. The quantitative estimate of drug-likeness (QED) is 0.229. The first-order valence-corrected chi connectivity index (χ1v) is 10.2. The predicted octanol–water partition coefficient (Wildman–Crippen LogP) is 6.25. The second-order valence-electron chi connectivity index (χ2n) is 6.99. The first kappa shape index (κ1) is 23.2. The maximum atomic E-state index is 10.4. The van der Waals surface area contributed by atoms with E-state index in [0.29, 0.717) is 6.42 Å². The minimum atomic E-state index is -0.667. The lowest BCUT2D eigenvalue weighted by Crippen LogP contribution is -2.04. The monoisotopic (exact) mass is 340 g/mol. The van der Waals surface area contributed by atoms with Crippen molar-refractivity contribution in [1.82, 2.24) is 0 Å². The van der Waals surface area contributed by atoms with E-state index in [9.17, 15) is 9.90 Å². The van der Waals surface area contributed by atoms with Gasteiger partial charge in [-0.15, -0.1) is 0 Å². The number of aliphatic hydroxyl groups excluding tert-OH is 1. The zero-order valence-corrected chi connectivity index (χ0v) is 15.8. The van der Waals surface area contributed by atoms with Crippen molar-refractivity contribution in [2.24, 2.45) is 0 Å². The zero-order chi connectivity index (χ0) is 17.9. The number of allylic oxidation sites excluding steroid dienone is 1. The molecule has 1 atom stereocenters. The van der Waals surface area contributed by atoms with Crippen molar-refractivity contribution in [3.05, 3.63) is 12.2 Å². The Balaban J connectivity index is 3.08. The van der Waals surface area contributed by atoms with Crippen LogP contribution in [-0.2, 0) is 4.79 Å². The highest BCUT2D eigenvalue weighted by atomic mass is 16.4. The summed E-state index contributed by atoms with van der Waals surface area (Å²) in [6.45, 7) is 2.00. The van der Waals surface area contributed by atoms with Crippen LogP contribution >= 0.6 is 0 Å². The normalized spacial score (nSPS) is 12.8. The van der Waals surface area contributed by atoms with Gasteiger partial charge in [0, 0.05) is 6.42 Å². The van der Waals surface area contributed by atoms with Crippen LogP contribution in [0.4, 0.5) is 0 Å². The second kappa shape index (κ2) is 18.5. The number of hydrogen-bond acceptors (Lipinski definition) is 2. The Hall–Kier alpha value is -0.830. The molecule has 0 saturated heterocycles. The van der Waals surface area contributed by atoms with E-state index in [4.69, 9.17) is 5.11 Å². The van der Waals surface area contributed by atoms with E-state index in [1.54, 1.807) is 0 Å². The highest BCUT2D eigenvalue weighted by Crippen LogP contribution is 2.14. The molecule has 142 valence electrons. The summed E-state index contributed by atoms with van der Waals surface area (Å²) in [5.41, 5.74) is 0. The van der Waals surface area contributed by atoms with Crippen molar-refractivity contribution in [2.45, 2.75) is 116 Å². The van der Waals surface area contributed by atoms with Crippen LogP contribution in [0.3, 0.4) is 0 Å². The van der Waals surface area contributed by atoms with Crippen molar-refractivity contribution in [1.29, 1.82) is 0 Å². The summed E-state index contributed by atoms with van der Waals surface area (Å²) in [6.07, 6.45) is 22.0. The van der Waals surface area contributed by atoms with E-state index >= 15 is 0 Å². The molecule has 0 fully saturated rings. The van der Waals surface area contributed by atoms with Crippen molar-refractivity contribution in [2.75, 3.05) is 0 Å². The number of hydrogen-bond donors (Lipinski definition) is 2. The molecule has 0 aromatic heterocycles. The fraction of sp³-hybridized carbons (Fsp3) is 0.857. The molecule has 2 N–H and O–H groups in total. The molecule has 3 nitrogen and oxygen atoms in total. The fourth-order valence-corrected chi connectivity index (χ4v) is 3.01. The van der Waals surface area contributed by atoms with Gasteiger partial charge >= 0.3 is 5.97 Å². The van der Waals surface area contributed by atoms with Crippen molar-refractivity contribution in [3.63, 3.8) is 0 Å². The van der Waals surface area contributed by atoms with Crippen molar-refractivity contribution < 1.29 is 15.0 Å². The van der Waals surface area contributed by atoms with Gasteiger partial charge in [-0.3, -0.25) is 4.79 Å². The van der Waals surface area contributed by atoms with Crippen molar-refractivity contribution >= 4 is 5.97 Å². The van der Waals surface area contributed by atoms with Gasteiger partial charge in [0.15, 0.2) is 0 Å². The number of carboxylic acids is 1. The van der Waals surface area contributed by atoms with Gasteiger partial charge in [0.25, 0.3) is 0 Å². The summed E-state index contributed by atoms with van der Waals surface area (Å²) >= 11 is 0. The molecule has 3 heteroatoms. The van der Waals surface area contributed by atoms with Crippen LogP contribution in [0.5, 0.6) is 0 Å². The standard InChI is InChI=1S/C21H40O3/c1-2-3-17-20(22)18-15-13-11-9-7-5-4-6-8-10-12-14-16-19-21(23)24/h2-3,20,22H,4-19H2,1H3,(H,23,24). The van der Waals surface area contributed by atoms with Crippen LogP contribution in [0.15, 0.2) is 12.2 Å². The van der Waals surface area contributed by atoms with Gasteiger partial charge in [-0.1, -0.05) is 89.2 Å². The predicted molar refractivity (Wildman–Crippen MR) is 102 cm³/mol. The highest BCUT2D eigenvalue weighted by molar-refractivity contribution is 5.66. The van der Waals surface area contributed by atoms with Crippen LogP contribution < -0.4 is 0 Å². The number of carboxylic acid groups (broad SMARTS) is 1. The molecular formula is C21H40O3. The molecule has 0 amide bonds. The molecule has 0 heterocycles. The molecule has 0 aliphatic rings. The summed E-state index contributed by atoms with van der Waals surface area (Å²) in [5.74, 6) is -0.667. The van der Waals surface area contributed by atoms with Crippen LogP contribution in [-0.4, -0.2) is 22.3 Å². The Bertz CT molecular complexity index is 299. The summed E-state index contributed by atoms with van der Waals surface area (Å²) in [5, 5.41) is 18.3. The Morgan fingerprint density at radius 2 is 1.21 bits per heavy atom. The van der Waals surface area contributed by atoms with E-state index < -0.39 is 5.97 Å². The van der Waals surface area contributed by atoms with E-state index in [1.165, 1.54) is 64.2 Å². The first-order chi connectivity index (χ1) is 11.7. The van der Waals surface area contributed by atoms with E-state index in [0.717, 1.165) is 32.1 Å². The topological polar surface area (TPSA) is 57.5 Å². The van der Waals surface area contributed by atoms with Gasteiger partial charge in [-0.2, -0.15) is 0 Å². The van der Waals surface area contributed by atoms with Gasteiger partial charge in [0.1, 0.15) is 0 Å². The molecular weight excluding hydrogens is 300 g/mol. The second-order valence-corrected chi connectivity index (χ2v) is 6.99. The molecule has 0 aliphatic heterocycles. The maximum absolute atomic E-state index is 10.4. The Labute approximate surface area is 149 Å². The SMILES string of the molecule is CC=CCC(O)CCCCCCCCCCCCCCCC(=O)O.